The first-order chi connectivity index (χ1) is 10.3. The Labute approximate surface area is 128 Å². The van der Waals surface area contributed by atoms with Crippen molar-refractivity contribution in [2.75, 3.05) is 11.1 Å². The number of amides is 1. The monoisotopic (exact) mass is 299 g/mol. The molecule has 2 rings (SSSR count). The lowest BCUT2D eigenvalue weighted by Gasteiger charge is -2.19. The van der Waals surface area contributed by atoms with Gasteiger partial charge in [0.2, 0.25) is 0 Å². The molecule has 0 atom stereocenters. The Bertz CT molecular complexity index is 720. The molecule has 1 aromatic carbocycles. The highest BCUT2D eigenvalue weighted by Gasteiger charge is 2.16. The van der Waals surface area contributed by atoms with Gasteiger partial charge in [0.25, 0.3) is 0 Å². The van der Waals surface area contributed by atoms with Crippen LogP contribution in [0.5, 0.6) is 0 Å². The molecule has 7 heteroatoms. The Morgan fingerprint density at radius 2 is 2.00 bits per heavy atom. The van der Waals surface area contributed by atoms with E-state index in [1.807, 2.05) is 6.07 Å². The average Bonchev–Trinajstić information content (AvgIpc) is 2.78. The van der Waals surface area contributed by atoms with Gasteiger partial charge in [-0.05, 0) is 45.0 Å². The number of imidazole rings is 1. The third kappa shape index (κ3) is 3.55. The molecule has 0 aliphatic rings. The van der Waals surface area contributed by atoms with E-state index in [-0.39, 0.29) is 11.5 Å². The lowest BCUT2D eigenvalue weighted by Crippen LogP contribution is -2.27. The van der Waals surface area contributed by atoms with E-state index in [0.717, 1.165) is 5.69 Å². The second kappa shape index (κ2) is 5.77. The summed E-state index contributed by atoms with van der Waals surface area (Å²) in [7, 11) is 0. The van der Waals surface area contributed by atoms with Crippen molar-refractivity contribution in [1.29, 1.82) is 5.26 Å². The van der Waals surface area contributed by atoms with Crippen LogP contribution in [0.2, 0.25) is 0 Å². The fourth-order valence-electron chi connectivity index (χ4n) is 1.78. The van der Waals surface area contributed by atoms with Crippen LogP contribution in [0, 0.1) is 11.3 Å². The van der Waals surface area contributed by atoms with E-state index in [2.05, 4.69) is 10.3 Å². The number of rotatable bonds is 2. The maximum Gasteiger partial charge on any atom is 0.412 e. The van der Waals surface area contributed by atoms with Crippen molar-refractivity contribution in [3.63, 3.8) is 0 Å². The summed E-state index contributed by atoms with van der Waals surface area (Å²) in [6.07, 6.45) is 0.957. The van der Waals surface area contributed by atoms with Gasteiger partial charge in [0.1, 0.15) is 23.8 Å². The Hall–Kier alpha value is -3.01. The van der Waals surface area contributed by atoms with Gasteiger partial charge >= 0.3 is 6.09 Å². The molecule has 114 valence electrons. The Morgan fingerprint density at radius 1 is 1.36 bits per heavy atom. The number of nitrogens with one attached hydrogen (secondary N) is 1. The Kier molecular flexibility index (Phi) is 4.04. The maximum atomic E-state index is 11.7. The number of nitrogen functional groups attached to an aromatic ring is 1. The van der Waals surface area contributed by atoms with E-state index in [1.165, 1.54) is 6.33 Å². The molecule has 3 N–H and O–H groups in total. The van der Waals surface area contributed by atoms with E-state index in [0.29, 0.717) is 5.69 Å². The molecule has 0 saturated heterocycles. The predicted molar refractivity (Wildman–Crippen MR) is 82.5 cm³/mol. The number of nitrogens with two attached hydrogens (primary N) is 1. The SMILES string of the molecule is CC(C)(C)OC(=O)Nc1ccc(-n2cnc(C#N)c2N)cc1. The van der Waals surface area contributed by atoms with E-state index in [1.54, 1.807) is 49.6 Å². The molecule has 22 heavy (non-hydrogen) atoms. The Balaban J connectivity index is 2.12. The molecule has 0 fully saturated rings. The van der Waals surface area contributed by atoms with E-state index >= 15 is 0 Å². The number of aromatic nitrogens is 2. The summed E-state index contributed by atoms with van der Waals surface area (Å²) < 4.78 is 6.77. The van der Waals surface area contributed by atoms with E-state index < -0.39 is 11.7 Å². The van der Waals surface area contributed by atoms with Gasteiger partial charge in [-0.3, -0.25) is 9.88 Å². The van der Waals surface area contributed by atoms with Gasteiger partial charge in [-0.15, -0.1) is 0 Å². The number of carbonyl (C=O) groups is 1. The first-order valence-electron chi connectivity index (χ1n) is 6.63. The molecular weight excluding hydrogens is 282 g/mol. The quantitative estimate of drug-likeness (QED) is 0.886. The minimum absolute atomic E-state index is 0.177. The van der Waals surface area contributed by atoms with Crippen LogP contribution >= 0.6 is 0 Å². The molecule has 0 radical (unpaired) electrons. The first kappa shape index (κ1) is 15.4. The summed E-state index contributed by atoms with van der Waals surface area (Å²) in [5, 5.41) is 11.5. The van der Waals surface area contributed by atoms with Crippen LogP contribution in [0.15, 0.2) is 30.6 Å². The number of nitriles is 1. The number of carbonyl (C=O) groups excluding carboxylic acids is 1. The van der Waals surface area contributed by atoms with Gasteiger partial charge in [0.05, 0.1) is 0 Å². The van der Waals surface area contributed by atoms with Gasteiger partial charge in [-0.25, -0.2) is 9.78 Å². The zero-order valence-corrected chi connectivity index (χ0v) is 12.6. The van der Waals surface area contributed by atoms with Crippen LogP contribution in [0.3, 0.4) is 0 Å². The standard InChI is InChI=1S/C15H17N5O2/c1-15(2,3)22-14(21)19-10-4-6-11(7-5-10)20-9-18-12(8-16)13(20)17/h4-7,9H,17H2,1-3H3,(H,19,21). The number of benzene rings is 1. The highest BCUT2D eigenvalue weighted by Crippen LogP contribution is 2.19. The molecule has 0 saturated carbocycles. The zero-order valence-electron chi connectivity index (χ0n) is 12.6. The molecule has 0 bridgehead atoms. The molecule has 0 aliphatic carbocycles. The number of nitrogens with zero attached hydrogens (tertiary/aromatic N) is 3. The molecule has 0 unspecified atom stereocenters. The second-order valence-electron chi connectivity index (χ2n) is 5.63. The minimum atomic E-state index is -0.553. The number of hydrogen-bond donors (Lipinski definition) is 2. The van der Waals surface area contributed by atoms with Gasteiger partial charge in [-0.1, -0.05) is 0 Å². The summed E-state index contributed by atoms with van der Waals surface area (Å²) >= 11 is 0. The van der Waals surface area contributed by atoms with Crippen molar-refractivity contribution < 1.29 is 9.53 Å². The summed E-state index contributed by atoms with van der Waals surface area (Å²) in [6, 6.07) is 8.85. The molecule has 0 aliphatic heterocycles. The first-order valence-corrected chi connectivity index (χ1v) is 6.63. The maximum absolute atomic E-state index is 11.7. The second-order valence-corrected chi connectivity index (χ2v) is 5.63. The lowest BCUT2D eigenvalue weighted by molar-refractivity contribution is 0.0636. The van der Waals surface area contributed by atoms with Crippen LogP contribution in [0.1, 0.15) is 26.5 Å². The van der Waals surface area contributed by atoms with Gasteiger partial charge in [-0.2, -0.15) is 5.26 Å². The van der Waals surface area contributed by atoms with Crippen LogP contribution in [-0.4, -0.2) is 21.2 Å². The summed E-state index contributed by atoms with van der Waals surface area (Å²) in [5.41, 5.74) is 6.78. The molecule has 2 aromatic rings. The molecular formula is C15H17N5O2. The largest absolute Gasteiger partial charge is 0.444 e. The molecule has 1 aromatic heterocycles. The van der Waals surface area contributed by atoms with Crippen molar-refractivity contribution >= 4 is 17.6 Å². The van der Waals surface area contributed by atoms with Crippen LogP contribution in [0.25, 0.3) is 5.69 Å². The van der Waals surface area contributed by atoms with Crippen molar-refractivity contribution in [2.24, 2.45) is 0 Å². The molecule has 0 spiro atoms. The summed E-state index contributed by atoms with van der Waals surface area (Å²) in [6.45, 7) is 5.39. The van der Waals surface area contributed by atoms with Crippen molar-refractivity contribution in [2.45, 2.75) is 26.4 Å². The fourth-order valence-corrected chi connectivity index (χ4v) is 1.78. The van der Waals surface area contributed by atoms with Crippen LogP contribution in [-0.2, 0) is 4.74 Å². The molecule has 1 amide bonds. The normalized spacial score (nSPS) is 10.8. The van der Waals surface area contributed by atoms with Crippen LogP contribution < -0.4 is 11.1 Å². The molecule has 1 heterocycles. The summed E-state index contributed by atoms with van der Waals surface area (Å²) in [5.74, 6) is 0.273. The molecule has 7 nitrogen and oxygen atoms in total. The topological polar surface area (TPSA) is 106 Å². The fraction of sp³-hybridized carbons (Fsp3) is 0.267. The van der Waals surface area contributed by atoms with Gasteiger partial charge < -0.3 is 10.5 Å². The van der Waals surface area contributed by atoms with Crippen molar-refractivity contribution in [1.82, 2.24) is 9.55 Å². The third-order valence-electron chi connectivity index (χ3n) is 2.70. The average molecular weight is 299 g/mol. The third-order valence-corrected chi connectivity index (χ3v) is 2.70. The number of ether oxygens (including phenoxy) is 1. The van der Waals surface area contributed by atoms with Gasteiger partial charge in [0, 0.05) is 11.4 Å². The zero-order chi connectivity index (χ0) is 16.3. The lowest BCUT2D eigenvalue weighted by atomic mass is 10.2. The van der Waals surface area contributed by atoms with Crippen molar-refractivity contribution in [3.05, 3.63) is 36.3 Å². The van der Waals surface area contributed by atoms with Crippen molar-refractivity contribution in [3.8, 4) is 11.8 Å². The highest BCUT2D eigenvalue weighted by molar-refractivity contribution is 5.85. The van der Waals surface area contributed by atoms with Crippen LogP contribution in [0.4, 0.5) is 16.3 Å². The Morgan fingerprint density at radius 3 is 2.50 bits per heavy atom. The van der Waals surface area contributed by atoms with E-state index in [9.17, 15) is 4.79 Å². The smallest absolute Gasteiger partial charge is 0.412 e. The number of anilines is 2. The minimum Gasteiger partial charge on any atom is -0.444 e. The highest BCUT2D eigenvalue weighted by atomic mass is 16.6. The van der Waals surface area contributed by atoms with Gasteiger partial charge in [0.15, 0.2) is 5.69 Å². The predicted octanol–water partition coefficient (Wildman–Crippen LogP) is 2.67. The summed E-state index contributed by atoms with van der Waals surface area (Å²) in [4.78, 5) is 15.6. The number of hydrogen-bond acceptors (Lipinski definition) is 5. The van der Waals surface area contributed by atoms with E-state index in [4.69, 9.17) is 15.7 Å².